The van der Waals surface area contributed by atoms with Crippen LogP contribution < -0.4 is 4.74 Å². The Morgan fingerprint density at radius 2 is 2.13 bits per heavy atom. The van der Waals surface area contributed by atoms with Gasteiger partial charge in [-0.25, -0.2) is 0 Å². The minimum Gasteiger partial charge on any atom is -0.466 e. The van der Waals surface area contributed by atoms with Gasteiger partial charge in [-0.3, -0.25) is 0 Å². The normalized spacial score (nSPS) is 10.9. The molecule has 6 heteroatoms. The van der Waals surface area contributed by atoms with Gasteiger partial charge in [0.1, 0.15) is 11.6 Å². The SMILES string of the molecule is CC(C)COCCOc1nnc(CO)s1. The zero-order chi connectivity index (χ0) is 11.1. The van der Waals surface area contributed by atoms with E-state index in [0.717, 1.165) is 6.61 Å². The van der Waals surface area contributed by atoms with Gasteiger partial charge in [-0.15, -0.1) is 5.10 Å². The Labute approximate surface area is 93.1 Å². The fourth-order valence-electron chi connectivity index (χ4n) is 0.867. The molecule has 15 heavy (non-hydrogen) atoms. The molecule has 0 aromatic carbocycles. The van der Waals surface area contributed by atoms with Crippen molar-refractivity contribution in [1.29, 1.82) is 0 Å². The first-order valence-corrected chi connectivity index (χ1v) is 5.67. The summed E-state index contributed by atoms with van der Waals surface area (Å²) in [5.74, 6) is 0.535. The predicted molar refractivity (Wildman–Crippen MR) is 57.0 cm³/mol. The second-order valence-corrected chi connectivity index (χ2v) is 4.46. The third-order valence-electron chi connectivity index (χ3n) is 1.49. The van der Waals surface area contributed by atoms with Crippen LogP contribution in [0.1, 0.15) is 18.9 Å². The number of rotatable bonds is 7. The maximum absolute atomic E-state index is 8.75. The lowest BCUT2D eigenvalue weighted by molar-refractivity contribution is 0.0816. The lowest BCUT2D eigenvalue weighted by Gasteiger charge is -2.06. The fourth-order valence-corrected chi connectivity index (χ4v) is 1.44. The van der Waals surface area contributed by atoms with Crippen LogP contribution >= 0.6 is 11.3 Å². The van der Waals surface area contributed by atoms with Crippen molar-refractivity contribution in [1.82, 2.24) is 10.2 Å². The van der Waals surface area contributed by atoms with Crippen LogP contribution in [0.25, 0.3) is 0 Å². The summed E-state index contributed by atoms with van der Waals surface area (Å²) in [6.07, 6.45) is 0. The molecule has 0 amide bonds. The molecular weight excluding hydrogens is 216 g/mol. The number of ether oxygens (including phenoxy) is 2. The first-order chi connectivity index (χ1) is 7.22. The number of aromatic nitrogens is 2. The van der Waals surface area contributed by atoms with E-state index in [1.54, 1.807) is 0 Å². The molecule has 0 spiro atoms. The van der Waals surface area contributed by atoms with Gasteiger partial charge in [-0.05, 0) is 5.92 Å². The van der Waals surface area contributed by atoms with Crippen molar-refractivity contribution in [3.05, 3.63) is 5.01 Å². The molecule has 1 aromatic rings. The molecule has 0 radical (unpaired) electrons. The van der Waals surface area contributed by atoms with Crippen LogP contribution in [0, 0.1) is 5.92 Å². The van der Waals surface area contributed by atoms with Crippen LogP contribution in [-0.2, 0) is 11.3 Å². The molecule has 0 aliphatic carbocycles. The maximum Gasteiger partial charge on any atom is 0.294 e. The second kappa shape index (κ2) is 6.71. The van der Waals surface area contributed by atoms with Crippen LogP contribution in [0.3, 0.4) is 0 Å². The van der Waals surface area contributed by atoms with Gasteiger partial charge < -0.3 is 14.6 Å². The number of hydrogen-bond donors (Lipinski definition) is 1. The molecule has 1 rings (SSSR count). The summed E-state index contributed by atoms with van der Waals surface area (Å²) in [6.45, 7) is 5.85. The largest absolute Gasteiger partial charge is 0.466 e. The maximum atomic E-state index is 8.75. The highest BCUT2D eigenvalue weighted by molar-refractivity contribution is 7.13. The third kappa shape index (κ3) is 5.06. The van der Waals surface area contributed by atoms with E-state index >= 15 is 0 Å². The van der Waals surface area contributed by atoms with E-state index in [9.17, 15) is 0 Å². The molecule has 0 saturated heterocycles. The van der Waals surface area contributed by atoms with E-state index in [4.69, 9.17) is 14.6 Å². The molecule has 1 heterocycles. The summed E-state index contributed by atoms with van der Waals surface area (Å²) < 4.78 is 10.6. The van der Waals surface area contributed by atoms with Gasteiger partial charge in [0.15, 0.2) is 0 Å². The quantitative estimate of drug-likeness (QED) is 0.713. The van der Waals surface area contributed by atoms with Gasteiger partial charge in [0, 0.05) is 6.61 Å². The Bertz CT molecular complexity index is 278. The zero-order valence-corrected chi connectivity index (χ0v) is 9.79. The minimum atomic E-state index is -0.0924. The van der Waals surface area contributed by atoms with E-state index in [2.05, 4.69) is 24.0 Å². The predicted octanol–water partition coefficient (Wildman–Crippen LogP) is 1.08. The van der Waals surface area contributed by atoms with Crippen molar-refractivity contribution in [2.75, 3.05) is 19.8 Å². The van der Waals surface area contributed by atoms with E-state index in [1.165, 1.54) is 11.3 Å². The van der Waals surface area contributed by atoms with Crippen molar-refractivity contribution in [3.63, 3.8) is 0 Å². The van der Waals surface area contributed by atoms with E-state index in [1.807, 2.05) is 0 Å². The summed E-state index contributed by atoms with van der Waals surface area (Å²) in [5.41, 5.74) is 0. The van der Waals surface area contributed by atoms with Crippen LogP contribution in [0.5, 0.6) is 5.19 Å². The highest BCUT2D eigenvalue weighted by Crippen LogP contribution is 2.17. The second-order valence-electron chi connectivity index (χ2n) is 3.44. The number of nitrogens with zero attached hydrogens (tertiary/aromatic N) is 2. The van der Waals surface area contributed by atoms with Crippen LogP contribution in [0.2, 0.25) is 0 Å². The molecule has 1 aromatic heterocycles. The van der Waals surface area contributed by atoms with Gasteiger partial charge in [-0.1, -0.05) is 30.3 Å². The standard InChI is InChI=1S/C9H16N2O3S/c1-7(2)6-13-3-4-14-9-11-10-8(5-12)15-9/h7,12H,3-6H2,1-2H3. The average molecular weight is 232 g/mol. The van der Waals surface area contributed by atoms with Gasteiger partial charge in [0.2, 0.25) is 0 Å². The molecule has 86 valence electrons. The van der Waals surface area contributed by atoms with Crippen molar-refractivity contribution in [3.8, 4) is 5.19 Å². The monoisotopic (exact) mass is 232 g/mol. The lowest BCUT2D eigenvalue weighted by atomic mass is 10.2. The smallest absolute Gasteiger partial charge is 0.294 e. The highest BCUT2D eigenvalue weighted by Gasteiger charge is 2.03. The Balaban J connectivity index is 2.09. The summed E-state index contributed by atoms with van der Waals surface area (Å²) >= 11 is 1.25. The lowest BCUT2D eigenvalue weighted by Crippen LogP contribution is -2.10. The van der Waals surface area contributed by atoms with Crippen LogP contribution in [0.4, 0.5) is 0 Å². The third-order valence-corrected chi connectivity index (χ3v) is 2.31. The number of aliphatic hydroxyl groups excluding tert-OH is 1. The van der Waals surface area contributed by atoms with Crippen LogP contribution in [-0.4, -0.2) is 35.1 Å². The molecular formula is C9H16N2O3S. The summed E-state index contributed by atoms with van der Waals surface area (Å²) in [7, 11) is 0. The topological polar surface area (TPSA) is 64.5 Å². The highest BCUT2D eigenvalue weighted by atomic mass is 32.1. The van der Waals surface area contributed by atoms with E-state index < -0.39 is 0 Å². The first-order valence-electron chi connectivity index (χ1n) is 4.86. The van der Waals surface area contributed by atoms with Crippen molar-refractivity contribution in [2.24, 2.45) is 5.92 Å². The molecule has 5 nitrogen and oxygen atoms in total. The Kier molecular flexibility index (Phi) is 5.52. The molecule has 0 aliphatic rings. The molecule has 0 fully saturated rings. The molecule has 0 bridgehead atoms. The Morgan fingerprint density at radius 1 is 1.33 bits per heavy atom. The van der Waals surface area contributed by atoms with Gasteiger partial charge in [0.25, 0.3) is 5.19 Å². The van der Waals surface area contributed by atoms with E-state index in [-0.39, 0.29) is 6.61 Å². The van der Waals surface area contributed by atoms with Crippen LogP contribution in [0.15, 0.2) is 0 Å². The number of hydrogen-bond acceptors (Lipinski definition) is 6. The Morgan fingerprint density at radius 3 is 2.73 bits per heavy atom. The van der Waals surface area contributed by atoms with Gasteiger partial charge in [0.05, 0.1) is 13.2 Å². The van der Waals surface area contributed by atoms with E-state index in [0.29, 0.717) is 29.3 Å². The molecule has 0 aliphatic heterocycles. The average Bonchev–Trinajstić information content (AvgIpc) is 2.65. The summed E-state index contributed by atoms with van der Waals surface area (Å²) in [6, 6.07) is 0. The Hall–Kier alpha value is -0.720. The van der Waals surface area contributed by atoms with Gasteiger partial charge >= 0.3 is 0 Å². The zero-order valence-electron chi connectivity index (χ0n) is 8.97. The molecule has 0 unspecified atom stereocenters. The van der Waals surface area contributed by atoms with Gasteiger partial charge in [-0.2, -0.15) is 0 Å². The molecule has 0 atom stereocenters. The molecule has 0 saturated carbocycles. The first kappa shape index (κ1) is 12.4. The van der Waals surface area contributed by atoms with Crippen molar-refractivity contribution < 1.29 is 14.6 Å². The molecule has 1 N–H and O–H groups in total. The minimum absolute atomic E-state index is 0.0924. The summed E-state index contributed by atoms with van der Waals surface area (Å²) in [5, 5.41) is 17.3. The summed E-state index contributed by atoms with van der Waals surface area (Å²) in [4.78, 5) is 0. The number of aliphatic hydroxyl groups is 1. The fraction of sp³-hybridized carbons (Fsp3) is 0.778. The van der Waals surface area contributed by atoms with Crippen molar-refractivity contribution in [2.45, 2.75) is 20.5 Å². The van der Waals surface area contributed by atoms with Crippen molar-refractivity contribution >= 4 is 11.3 Å².